The minimum Gasteiger partial charge on any atom is -0.481 e. The number of carbonyl (C=O) groups is 1. The van der Waals surface area contributed by atoms with E-state index in [1.165, 1.54) is 5.56 Å². The van der Waals surface area contributed by atoms with Crippen LogP contribution in [0.2, 0.25) is 5.02 Å². The second-order valence-corrected chi connectivity index (χ2v) is 8.90. The molecule has 0 bridgehead atoms. The molecule has 2 N–H and O–H groups in total. The summed E-state index contributed by atoms with van der Waals surface area (Å²) in [4.78, 5) is 15.6. The second-order valence-electron chi connectivity index (χ2n) is 7.61. The number of hydrogen-bond donors (Lipinski definition) is 2. The molecule has 1 saturated carbocycles. The van der Waals surface area contributed by atoms with Crippen LogP contribution in [0, 0.1) is 5.92 Å². The lowest BCUT2D eigenvalue weighted by Crippen LogP contribution is -2.16. The summed E-state index contributed by atoms with van der Waals surface area (Å²) in [6.07, 6.45) is 4.46. The lowest BCUT2D eigenvalue weighted by Gasteiger charge is -2.28. The molecule has 1 aliphatic rings. The fraction of sp³-hybridized carbons (Fsp3) is 0.304. The third-order valence-electron chi connectivity index (χ3n) is 5.59. The number of thiazole rings is 1. The maximum absolute atomic E-state index is 10.9. The predicted molar refractivity (Wildman–Crippen MR) is 119 cm³/mol. The van der Waals surface area contributed by atoms with E-state index in [1.54, 1.807) is 11.3 Å². The molecule has 4 rings (SSSR count). The normalized spacial score (nSPS) is 19.1. The SMILES string of the molecule is O=C(O)CC1CCC(c2ccc(-c3csc(Nc4ccc(Cl)cc4)n3)cc2)CC1. The molecule has 0 atom stereocenters. The number of carboxylic acids is 1. The van der Waals surface area contributed by atoms with Crippen molar-refractivity contribution in [3.8, 4) is 11.3 Å². The van der Waals surface area contributed by atoms with Gasteiger partial charge in [-0.2, -0.15) is 0 Å². The molecule has 0 saturated heterocycles. The van der Waals surface area contributed by atoms with Crippen molar-refractivity contribution in [1.82, 2.24) is 4.98 Å². The largest absolute Gasteiger partial charge is 0.481 e. The lowest BCUT2D eigenvalue weighted by molar-refractivity contribution is -0.138. The van der Waals surface area contributed by atoms with Crippen LogP contribution in [-0.2, 0) is 4.79 Å². The van der Waals surface area contributed by atoms with E-state index in [2.05, 4.69) is 35.0 Å². The molecule has 0 radical (unpaired) electrons. The number of benzene rings is 2. The lowest BCUT2D eigenvalue weighted by atomic mass is 9.77. The molecule has 0 amide bonds. The topological polar surface area (TPSA) is 62.2 Å². The van der Waals surface area contributed by atoms with E-state index in [4.69, 9.17) is 21.7 Å². The third-order valence-corrected chi connectivity index (χ3v) is 6.60. The second kappa shape index (κ2) is 8.97. The number of anilines is 2. The first kappa shape index (κ1) is 19.9. The average Bonchev–Trinajstić information content (AvgIpc) is 3.19. The maximum Gasteiger partial charge on any atom is 0.303 e. The molecule has 1 fully saturated rings. The van der Waals surface area contributed by atoms with Crippen molar-refractivity contribution in [2.75, 3.05) is 5.32 Å². The Balaban J connectivity index is 1.38. The van der Waals surface area contributed by atoms with Gasteiger partial charge in [0.1, 0.15) is 0 Å². The zero-order valence-corrected chi connectivity index (χ0v) is 17.5. The van der Waals surface area contributed by atoms with E-state index in [-0.39, 0.29) is 0 Å². The highest BCUT2D eigenvalue weighted by molar-refractivity contribution is 7.14. The number of carboxylic acid groups (broad SMARTS) is 1. The minimum atomic E-state index is -0.675. The molecule has 2 aromatic carbocycles. The molecule has 150 valence electrons. The average molecular weight is 427 g/mol. The maximum atomic E-state index is 10.9. The van der Waals surface area contributed by atoms with Gasteiger partial charge in [-0.05, 0) is 67.3 Å². The Morgan fingerprint density at radius 3 is 2.41 bits per heavy atom. The number of aliphatic carboxylic acids is 1. The fourth-order valence-corrected chi connectivity index (χ4v) is 4.86. The van der Waals surface area contributed by atoms with Crippen LogP contribution in [0.15, 0.2) is 53.9 Å². The van der Waals surface area contributed by atoms with Crippen LogP contribution >= 0.6 is 22.9 Å². The van der Waals surface area contributed by atoms with Crippen LogP contribution < -0.4 is 5.32 Å². The van der Waals surface area contributed by atoms with Crippen LogP contribution in [-0.4, -0.2) is 16.1 Å². The number of rotatable bonds is 6. The smallest absolute Gasteiger partial charge is 0.303 e. The van der Waals surface area contributed by atoms with Gasteiger partial charge in [-0.1, -0.05) is 35.9 Å². The molecule has 4 nitrogen and oxygen atoms in total. The molecule has 0 aliphatic heterocycles. The van der Waals surface area contributed by atoms with E-state index < -0.39 is 5.97 Å². The molecular weight excluding hydrogens is 404 g/mol. The van der Waals surface area contributed by atoms with Crippen LogP contribution in [0.4, 0.5) is 10.8 Å². The summed E-state index contributed by atoms with van der Waals surface area (Å²) in [7, 11) is 0. The van der Waals surface area contributed by atoms with Crippen molar-refractivity contribution < 1.29 is 9.90 Å². The summed E-state index contributed by atoms with van der Waals surface area (Å²) in [6, 6.07) is 16.2. The van der Waals surface area contributed by atoms with Crippen molar-refractivity contribution in [1.29, 1.82) is 0 Å². The van der Waals surface area contributed by atoms with Crippen molar-refractivity contribution in [3.63, 3.8) is 0 Å². The van der Waals surface area contributed by atoms with Crippen molar-refractivity contribution in [2.24, 2.45) is 5.92 Å². The zero-order valence-electron chi connectivity index (χ0n) is 16.0. The number of aromatic nitrogens is 1. The first-order valence-electron chi connectivity index (χ1n) is 9.87. The third kappa shape index (κ3) is 5.17. The molecule has 3 aromatic rings. The Hall–Kier alpha value is -2.37. The van der Waals surface area contributed by atoms with E-state index in [9.17, 15) is 4.79 Å². The fourth-order valence-electron chi connectivity index (χ4n) is 3.99. The Labute approximate surface area is 179 Å². The summed E-state index contributed by atoms with van der Waals surface area (Å²) >= 11 is 7.51. The van der Waals surface area contributed by atoms with Crippen molar-refractivity contribution >= 4 is 39.7 Å². The minimum absolute atomic E-state index is 0.307. The van der Waals surface area contributed by atoms with Gasteiger partial charge in [-0.15, -0.1) is 11.3 Å². The first-order valence-corrected chi connectivity index (χ1v) is 11.1. The van der Waals surface area contributed by atoms with E-state index in [0.717, 1.165) is 47.8 Å². The number of halogens is 1. The van der Waals surface area contributed by atoms with Gasteiger partial charge in [0, 0.05) is 28.1 Å². The molecule has 1 heterocycles. The Kier molecular flexibility index (Phi) is 6.16. The van der Waals surface area contributed by atoms with Gasteiger partial charge in [0.05, 0.1) is 5.69 Å². The number of nitrogens with one attached hydrogen (secondary N) is 1. The van der Waals surface area contributed by atoms with Crippen LogP contribution in [0.1, 0.15) is 43.6 Å². The van der Waals surface area contributed by atoms with Gasteiger partial charge in [0.15, 0.2) is 5.13 Å². The monoisotopic (exact) mass is 426 g/mol. The van der Waals surface area contributed by atoms with Crippen molar-refractivity contribution in [2.45, 2.75) is 38.0 Å². The highest BCUT2D eigenvalue weighted by Gasteiger charge is 2.24. The van der Waals surface area contributed by atoms with E-state index in [0.29, 0.717) is 23.3 Å². The van der Waals surface area contributed by atoms with E-state index in [1.807, 2.05) is 24.3 Å². The number of hydrogen-bond acceptors (Lipinski definition) is 4. The standard InChI is InChI=1S/C23H23ClN2O2S/c24-19-9-11-20(12-10-19)25-23-26-21(14-29-23)18-7-5-17(6-8-18)16-3-1-15(2-4-16)13-22(27)28/h5-12,14-16H,1-4,13H2,(H,25,26)(H,27,28). The molecule has 1 aliphatic carbocycles. The van der Waals surface area contributed by atoms with E-state index >= 15 is 0 Å². The highest BCUT2D eigenvalue weighted by atomic mass is 35.5. The van der Waals surface area contributed by atoms with Crippen molar-refractivity contribution in [3.05, 3.63) is 64.5 Å². The molecule has 0 spiro atoms. The van der Waals surface area contributed by atoms with Gasteiger partial charge in [-0.3, -0.25) is 4.79 Å². The highest BCUT2D eigenvalue weighted by Crippen LogP contribution is 2.38. The Bertz CT molecular complexity index is 961. The summed E-state index contributed by atoms with van der Waals surface area (Å²) in [5.41, 5.74) is 4.37. The molecule has 0 unspecified atom stereocenters. The molecule has 1 aromatic heterocycles. The summed E-state index contributed by atoms with van der Waals surface area (Å²) in [5.74, 6) is 0.197. The van der Waals surface area contributed by atoms with Crippen LogP contribution in [0.3, 0.4) is 0 Å². The first-order chi connectivity index (χ1) is 14.1. The summed E-state index contributed by atoms with van der Waals surface area (Å²) in [5, 5.41) is 15.9. The van der Waals surface area contributed by atoms with Gasteiger partial charge in [0.25, 0.3) is 0 Å². The Morgan fingerprint density at radius 1 is 1.07 bits per heavy atom. The van der Waals surface area contributed by atoms with Crippen LogP contribution in [0.25, 0.3) is 11.3 Å². The summed E-state index contributed by atoms with van der Waals surface area (Å²) in [6.45, 7) is 0. The molecule has 6 heteroatoms. The quantitative estimate of drug-likeness (QED) is 0.447. The van der Waals surface area contributed by atoms with Gasteiger partial charge < -0.3 is 10.4 Å². The summed E-state index contributed by atoms with van der Waals surface area (Å²) < 4.78 is 0. The number of nitrogens with zero attached hydrogens (tertiary/aromatic N) is 1. The Morgan fingerprint density at radius 2 is 1.76 bits per heavy atom. The van der Waals surface area contributed by atoms with Crippen LogP contribution in [0.5, 0.6) is 0 Å². The van der Waals surface area contributed by atoms with Gasteiger partial charge in [0.2, 0.25) is 0 Å². The van der Waals surface area contributed by atoms with Gasteiger partial charge in [-0.25, -0.2) is 4.98 Å². The molecule has 29 heavy (non-hydrogen) atoms. The predicted octanol–water partition coefficient (Wildman–Crippen LogP) is 6.96. The zero-order chi connectivity index (χ0) is 20.2. The van der Waals surface area contributed by atoms with Gasteiger partial charge >= 0.3 is 5.97 Å². The molecular formula is C23H23ClN2O2S.